The van der Waals surface area contributed by atoms with Crippen molar-refractivity contribution < 1.29 is 23.4 Å². The van der Waals surface area contributed by atoms with E-state index >= 15 is 0 Å². The Morgan fingerprint density at radius 1 is 1.32 bits per heavy atom. The summed E-state index contributed by atoms with van der Waals surface area (Å²) in [6.07, 6.45) is 1.54. The number of aliphatic carboxylic acids is 1. The van der Waals surface area contributed by atoms with Crippen LogP contribution < -0.4 is 4.72 Å². The molecule has 132 valence electrons. The van der Waals surface area contributed by atoms with Crippen LogP contribution in [0.4, 0.5) is 0 Å². The number of aromatic hydroxyl groups is 1. The molecule has 0 radical (unpaired) electrons. The molecule has 2 aromatic heterocycles. The number of thiophene rings is 1. The summed E-state index contributed by atoms with van der Waals surface area (Å²) < 4.78 is 27.6. The zero-order chi connectivity index (χ0) is 18.2. The number of hydrogen-bond donors (Lipinski definition) is 4. The third kappa shape index (κ3) is 3.87. The van der Waals surface area contributed by atoms with Crippen molar-refractivity contribution in [2.24, 2.45) is 0 Å². The first-order chi connectivity index (χ1) is 11.8. The number of aromatic amines is 1. The van der Waals surface area contributed by atoms with Crippen molar-refractivity contribution in [3.63, 3.8) is 0 Å². The van der Waals surface area contributed by atoms with E-state index in [4.69, 9.17) is 0 Å². The van der Waals surface area contributed by atoms with Crippen LogP contribution in [0.2, 0.25) is 0 Å². The van der Waals surface area contributed by atoms with E-state index in [1.54, 1.807) is 18.3 Å². The molecule has 3 aromatic rings. The minimum atomic E-state index is -3.95. The second-order valence-corrected chi connectivity index (χ2v) is 9.72. The van der Waals surface area contributed by atoms with E-state index in [9.17, 15) is 23.4 Å². The highest BCUT2D eigenvalue weighted by molar-refractivity contribution is 9.11. The van der Waals surface area contributed by atoms with Crippen molar-refractivity contribution in [1.82, 2.24) is 9.71 Å². The first-order valence-electron chi connectivity index (χ1n) is 7.06. The molecule has 25 heavy (non-hydrogen) atoms. The highest BCUT2D eigenvalue weighted by atomic mass is 79.9. The zero-order valence-electron chi connectivity index (χ0n) is 12.6. The third-order valence-electron chi connectivity index (χ3n) is 3.58. The van der Waals surface area contributed by atoms with Crippen molar-refractivity contribution >= 4 is 54.2 Å². The molecule has 1 atom stereocenters. The second-order valence-electron chi connectivity index (χ2n) is 5.32. The van der Waals surface area contributed by atoms with Crippen LogP contribution in [0.15, 0.2) is 44.5 Å². The van der Waals surface area contributed by atoms with Crippen LogP contribution in [0.1, 0.15) is 5.56 Å². The minimum absolute atomic E-state index is 0.0298. The zero-order valence-corrected chi connectivity index (χ0v) is 15.8. The molecule has 1 unspecified atom stereocenters. The minimum Gasteiger partial charge on any atom is -0.508 e. The Kier molecular flexibility index (Phi) is 4.87. The van der Waals surface area contributed by atoms with Crippen LogP contribution in [0.3, 0.4) is 0 Å². The topological polar surface area (TPSA) is 119 Å². The Bertz CT molecular complexity index is 1040. The lowest BCUT2D eigenvalue weighted by molar-refractivity contribution is -0.138. The summed E-state index contributed by atoms with van der Waals surface area (Å²) in [4.78, 5) is 14.5. The summed E-state index contributed by atoms with van der Waals surface area (Å²) in [5, 5.41) is 19.7. The molecule has 7 nitrogen and oxygen atoms in total. The molecule has 0 bridgehead atoms. The molecule has 0 aliphatic carbocycles. The second kappa shape index (κ2) is 6.79. The van der Waals surface area contributed by atoms with Crippen LogP contribution in [-0.4, -0.2) is 35.6 Å². The monoisotopic (exact) mass is 444 g/mol. The lowest BCUT2D eigenvalue weighted by Gasteiger charge is -2.13. The van der Waals surface area contributed by atoms with E-state index in [1.807, 2.05) is 0 Å². The van der Waals surface area contributed by atoms with Gasteiger partial charge in [0.15, 0.2) is 0 Å². The van der Waals surface area contributed by atoms with Crippen molar-refractivity contribution in [3.8, 4) is 5.75 Å². The van der Waals surface area contributed by atoms with Gasteiger partial charge < -0.3 is 15.2 Å². The van der Waals surface area contributed by atoms with Crippen LogP contribution in [0.5, 0.6) is 5.75 Å². The molecule has 0 saturated carbocycles. The standard InChI is InChI=1S/C15H13BrN2O5S2/c16-13-3-4-14(24-13)25(22,23)18-12(15(20)21)5-8-7-17-11-2-1-9(19)6-10(8)11/h1-4,6-7,12,17-19H,5H2,(H,20,21). The molecular weight excluding hydrogens is 432 g/mol. The van der Waals surface area contributed by atoms with Gasteiger partial charge >= 0.3 is 5.97 Å². The Morgan fingerprint density at radius 2 is 2.08 bits per heavy atom. The molecular formula is C15H13BrN2O5S2. The van der Waals surface area contributed by atoms with Crippen LogP contribution >= 0.6 is 27.3 Å². The van der Waals surface area contributed by atoms with Gasteiger partial charge in [-0.3, -0.25) is 4.79 Å². The highest BCUT2D eigenvalue weighted by Crippen LogP contribution is 2.27. The van der Waals surface area contributed by atoms with Crippen molar-refractivity contribution in [3.05, 3.63) is 45.9 Å². The number of halogens is 1. The lowest BCUT2D eigenvalue weighted by Crippen LogP contribution is -2.41. The fraction of sp³-hybridized carbons (Fsp3) is 0.133. The predicted molar refractivity (Wildman–Crippen MR) is 97.4 cm³/mol. The molecule has 4 N–H and O–H groups in total. The van der Waals surface area contributed by atoms with Gasteiger partial charge in [-0.05, 0) is 51.8 Å². The number of carbonyl (C=O) groups is 1. The van der Waals surface area contributed by atoms with Gasteiger partial charge in [-0.25, -0.2) is 8.42 Å². The van der Waals surface area contributed by atoms with Gasteiger partial charge in [0, 0.05) is 23.5 Å². The fourth-order valence-electron chi connectivity index (χ4n) is 2.42. The number of sulfonamides is 1. The smallest absolute Gasteiger partial charge is 0.322 e. The number of H-pyrrole nitrogens is 1. The highest BCUT2D eigenvalue weighted by Gasteiger charge is 2.27. The van der Waals surface area contributed by atoms with E-state index in [2.05, 4.69) is 25.6 Å². The molecule has 0 amide bonds. The van der Waals surface area contributed by atoms with Gasteiger partial charge in [-0.1, -0.05) is 0 Å². The lowest BCUT2D eigenvalue weighted by atomic mass is 10.1. The van der Waals surface area contributed by atoms with Gasteiger partial charge in [-0.15, -0.1) is 11.3 Å². The number of nitrogens with one attached hydrogen (secondary N) is 2. The van der Waals surface area contributed by atoms with Gasteiger partial charge in [0.1, 0.15) is 16.0 Å². The van der Waals surface area contributed by atoms with E-state index in [1.165, 1.54) is 18.2 Å². The maximum atomic E-state index is 12.4. The van der Waals surface area contributed by atoms with Crippen molar-refractivity contribution in [1.29, 1.82) is 0 Å². The number of benzene rings is 1. The molecule has 0 aliphatic heterocycles. The number of carboxylic acids is 1. The SMILES string of the molecule is O=C(O)C(Cc1c[nH]c2ccc(O)cc12)NS(=O)(=O)c1ccc(Br)s1. The summed E-state index contributed by atoms with van der Waals surface area (Å²) in [7, 11) is -3.95. The van der Waals surface area contributed by atoms with E-state index in [0.717, 1.165) is 16.9 Å². The van der Waals surface area contributed by atoms with E-state index < -0.39 is 22.0 Å². The number of aromatic nitrogens is 1. The number of phenolic OH excluding ortho intramolecular Hbond substituents is 1. The first-order valence-corrected chi connectivity index (χ1v) is 10.1. The van der Waals surface area contributed by atoms with E-state index in [0.29, 0.717) is 14.7 Å². The Morgan fingerprint density at radius 3 is 2.72 bits per heavy atom. The van der Waals surface area contributed by atoms with Crippen molar-refractivity contribution in [2.75, 3.05) is 0 Å². The summed E-state index contributed by atoms with van der Waals surface area (Å²) in [5.41, 5.74) is 1.32. The quantitative estimate of drug-likeness (QED) is 0.465. The Balaban J connectivity index is 1.89. The Hall–Kier alpha value is -1.88. The molecule has 2 heterocycles. The molecule has 0 spiro atoms. The maximum absolute atomic E-state index is 12.4. The fourth-order valence-corrected chi connectivity index (χ4v) is 5.64. The first kappa shape index (κ1) is 17.9. The molecule has 0 fully saturated rings. The molecule has 1 aromatic carbocycles. The molecule has 0 saturated heterocycles. The molecule has 0 aliphatic rings. The van der Waals surface area contributed by atoms with Crippen molar-refractivity contribution in [2.45, 2.75) is 16.7 Å². The van der Waals surface area contributed by atoms with Gasteiger partial charge in [0.2, 0.25) is 0 Å². The van der Waals surface area contributed by atoms with Gasteiger partial charge in [-0.2, -0.15) is 4.72 Å². The van der Waals surface area contributed by atoms with Crippen LogP contribution in [0, 0.1) is 0 Å². The average molecular weight is 445 g/mol. The summed E-state index contributed by atoms with van der Waals surface area (Å²) in [6, 6.07) is 6.32. The number of hydrogen-bond acceptors (Lipinski definition) is 5. The summed E-state index contributed by atoms with van der Waals surface area (Å²) in [6.45, 7) is 0. The van der Waals surface area contributed by atoms with Crippen LogP contribution in [0.25, 0.3) is 10.9 Å². The van der Waals surface area contributed by atoms with Gasteiger partial charge in [0.25, 0.3) is 10.0 Å². The van der Waals surface area contributed by atoms with Crippen LogP contribution in [-0.2, 0) is 21.2 Å². The largest absolute Gasteiger partial charge is 0.508 e. The molecule has 3 rings (SSSR count). The predicted octanol–water partition coefficient (Wildman–Crippen LogP) is 2.67. The summed E-state index contributed by atoms with van der Waals surface area (Å²) in [5.74, 6) is -1.24. The Labute approximate surface area is 155 Å². The average Bonchev–Trinajstić information content (AvgIpc) is 3.13. The van der Waals surface area contributed by atoms with E-state index in [-0.39, 0.29) is 16.4 Å². The molecule has 10 heteroatoms. The number of phenols is 1. The third-order valence-corrected chi connectivity index (χ3v) is 7.17. The summed E-state index contributed by atoms with van der Waals surface area (Å²) >= 11 is 4.18. The maximum Gasteiger partial charge on any atom is 0.322 e. The number of carboxylic acid groups (broad SMARTS) is 1. The number of fused-ring (bicyclic) bond motifs is 1. The van der Waals surface area contributed by atoms with Gasteiger partial charge in [0.05, 0.1) is 3.79 Å². The normalized spacial score (nSPS) is 13.2. The number of rotatable bonds is 6.